The third-order valence-corrected chi connectivity index (χ3v) is 6.06. The minimum absolute atomic E-state index is 0.0609. The molecule has 1 atom stereocenters. The second-order valence-electron chi connectivity index (χ2n) is 8.08. The molecule has 2 aromatic rings. The van der Waals surface area contributed by atoms with Crippen LogP contribution in [0.2, 0.25) is 0 Å². The molecule has 5 nitrogen and oxygen atoms in total. The molecule has 1 N–H and O–H groups in total. The van der Waals surface area contributed by atoms with Gasteiger partial charge in [-0.3, -0.25) is 14.4 Å². The maximum absolute atomic E-state index is 13.0. The van der Waals surface area contributed by atoms with E-state index in [2.05, 4.69) is 16.1 Å². The molecule has 1 unspecified atom stereocenters. The van der Waals surface area contributed by atoms with Crippen LogP contribution < -0.4 is 0 Å². The molecule has 2 heterocycles. The minimum Gasteiger partial charge on any atom is -0.386 e. The van der Waals surface area contributed by atoms with E-state index in [1.807, 2.05) is 4.68 Å². The van der Waals surface area contributed by atoms with E-state index >= 15 is 0 Å². The number of hydrogen-bond donors (Lipinski definition) is 1. The molecule has 0 bridgehead atoms. The van der Waals surface area contributed by atoms with Crippen molar-refractivity contribution in [2.75, 3.05) is 13.1 Å². The van der Waals surface area contributed by atoms with E-state index in [0.29, 0.717) is 17.9 Å². The first kappa shape index (κ1) is 19.3. The van der Waals surface area contributed by atoms with E-state index in [0.717, 1.165) is 63.3 Å². The van der Waals surface area contributed by atoms with Crippen LogP contribution in [0.4, 0.5) is 4.39 Å². The molecule has 1 saturated carbocycles. The summed E-state index contributed by atoms with van der Waals surface area (Å²) in [5, 5.41) is 15.2. The number of carbonyl (C=O) groups is 1. The number of aliphatic hydroxyl groups excluding tert-OH is 1. The van der Waals surface area contributed by atoms with Gasteiger partial charge in [-0.1, -0.05) is 6.42 Å². The van der Waals surface area contributed by atoms with Gasteiger partial charge in [0, 0.05) is 31.6 Å². The van der Waals surface area contributed by atoms with Gasteiger partial charge in [-0.2, -0.15) is 5.10 Å². The summed E-state index contributed by atoms with van der Waals surface area (Å²) in [4.78, 5) is 14.6. The Morgan fingerprint density at radius 3 is 2.71 bits per heavy atom. The SMILES string of the molecule is O=C(CCCN1CCCn2nc(C(O)C3CCC3)cc2C1)c1ccc(F)cc1. The van der Waals surface area contributed by atoms with Crippen molar-refractivity contribution >= 4 is 5.78 Å². The zero-order chi connectivity index (χ0) is 19.5. The lowest BCUT2D eigenvalue weighted by Gasteiger charge is -2.29. The summed E-state index contributed by atoms with van der Waals surface area (Å²) in [5.74, 6) is 0.109. The van der Waals surface area contributed by atoms with Gasteiger partial charge in [0.1, 0.15) is 11.9 Å². The standard InChI is InChI=1S/C22H28FN3O2/c23-18-9-7-16(8-10-18)21(27)6-2-11-25-12-3-13-26-19(15-25)14-20(24-26)22(28)17-4-1-5-17/h7-10,14,17,22,28H,1-6,11-13,15H2. The molecule has 4 rings (SSSR count). The van der Waals surface area contributed by atoms with Crippen molar-refractivity contribution in [1.82, 2.24) is 14.7 Å². The van der Waals surface area contributed by atoms with Crippen molar-refractivity contribution in [1.29, 1.82) is 0 Å². The van der Waals surface area contributed by atoms with Crippen LogP contribution in [0.3, 0.4) is 0 Å². The van der Waals surface area contributed by atoms with Gasteiger partial charge in [-0.25, -0.2) is 4.39 Å². The normalized spacial score (nSPS) is 18.9. The molecule has 0 saturated heterocycles. The molecule has 0 amide bonds. The van der Waals surface area contributed by atoms with E-state index < -0.39 is 6.10 Å². The summed E-state index contributed by atoms with van der Waals surface area (Å²) in [6, 6.07) is 7.83. The second kappa shape index (κ2) is 8.53. The number of ketones is 1. The van der Waals surface area contributed by atoms with Crippen molar-refractivity contribution in [2.24, 2.45) is 5.92 Å². The minimum atomic E-state index is -0.435. The number of aryl methyl sites for hydroxylation is 1. The van der Waals surface area contributed by atoms with Gasteiger partial charge in [0.05, 0.1) is 11.4 Å². The predicted molar refractivity (Wildman–Crippen MR) is 104 cm³/mol. The highest BCUT2D eigenvalue weighted by atomic mass is 19.1. The number of rotatable bonds is 7. The van der Waals surface area contributed by atoms with Gasteiger partial charge in [0.15, 0.2) is 5.78 Å². The number of fused-ring (bicyclic) bond motifs is 1. The van der Waals surface area contributed by atoms with Gasteiger partial charge in [-0.05, 0) is 68.5 Å². The lowest BCUT2D eigenvalue weighted by molar-refractivity contribution is 0.0581. The maximum atomic E-state index is 13.0. The van der Waals surface area contributed by atoms with Gasteiger partial charge in [0.25, 0.3) is 0 Å². The molecule has 0 radical (unpaired) electrons. The molecule has 6 heteroatoms. The average Bonchev–Trinajstić information content (AvgIpc) is 2.94. The van der Waals surface area contributed by atoms with Crippen LogP contribution in [-0.4, -0.2) is 38.7 Å². The number of benzene rings is 1. The number of halogens is 1. The van der Waals surface area contributed by atoms with Crippen LogP contribution >= 0.6 is 0 Å². The van der Waals surface area contributed by atoms with Crippen molar-refractivity contribution in [3.8, 4) is 0 Å². The lowest BCUT2D eigenvalue weighted by atomic mass is 9.80. The first-order valence-electron chi connectivity index (χ1n) is 10.4. The highest BCUT2D eigenvalue weighted by Gasteiger charge is 2.29. The van der Waals surface area contributed by atoms with Crippen molar-refractivity contribution in [2.45, 2.75) is 57.7 Å². The van der Waals surface area contributed by atoms with E-state index in [4.69, 9.17) is 0 Å². The van der Waals surface area contributed by atoms with Crippen LogP contribution in [0.15, 0.2) is 30.3 Å². The number of hydrogen-bond acceptors (Lipinski definition) is 4. The summed E-state index contributed by atoms with van der Waals surface area (Å²) in [7, 11) is 0. The Morgan fingerprint density at radius 2 is 2.00 bits per heavy atom. The Labute approximate surface area is 165 Å². The fourth-order valence-electron chi connectivity index (χ4n) is 4.13. The molecule has 1 aromatic carbocycles. The fraction of sp³-hybridized carbons (Fsp3) is 0.545. The summed E-state index contributed by atoms with van der Waals surface area (Å²) >= 11 is 0. The Hall–Kier alpha value is -2.05. The molecular formula is C22H28FN3O2. The Bertz CT molecular complexity index is 814. The number of Topliss-reactive ketones (excluding diaryl/α,β-unsaturated/α-hetero) is 1. The number of aromatic nitrogens is 2. The van der Waals surface area contributed by atoms with E-state index in [1.165, 1.54) is 18.6 Å². The fourth-order valence-corrected chi connectivity index (χ4v) is 4.13. The highest BCUT2D eigenvalue weighted by molar-refractivity contribution is 5.95. The number of carbonyl (C=O) groups excluding carboxylic acids is 1. The van der Waals surface area contributed by atoms with Gasteiger partial charge in [0.2, 0.25) is 0 Å². The summed E-state index contributed by atoms with van der Waals surface area (Å²) in [6.07, 6.45) is 5.22. The first-order valence-corrected chi connectivity index (χ1v) is 10.4. The van der Waals surface area contributed by atoms with E-state index in [1.54, 1.807) is 12.1 Å². The molecule has 2 aliphatic rings. The molecule has 1 aromatic heterocycles. The van der Waals surface area contributed by atoms with Gasteiger partial charge < -0.3 is 5.11 Å². The molecule has 0 spiro atoms. The monoisotopic (exact) mass is 385 g/mol. The first-order chi connectivity index (χ1) is 13.6. The molecule has 28 heavy (non-hydrogen) atoms. The summed E-state index contributed by atoms with van der Waals surface area (Å²) in [6.45, 7) is 3.50. The summed E-state index contributed by atoms with van der Waals surface area (Å²) < 4.78 is 15.0. The molecule has 1 aliphatic carbocycles. The average molecular weight is 385 g/mol. The quantitative estimate of drug-likeness (QED) is 0.738. The number of aliphatic hydroxyl groups is 1. The topological polar surface area (TPSA) is 58.4 Å². The number of nitrogens with zero attached hydrogens (tertiary/aromatic N) is 3. The van der Waals surface area contributed by atoms with Crippen LogP contribution in [0.5, 0.6) is 0 Å². The molecule has 1 aliphatic heterocycles. The smallest absolute Gasteiger partial charge is 0.162 e. The second-order valence-corrected chi connectivity index (χ2v) is 8.08. The van der Waals surface area contributed by atoms with Gasteiger partial charge in [-0.15, -0.1) is 0 Å². The predicted octanol–water partition coefficient (Wildman–Crippen LogP) is 3.72. The molecule has 1 fully saturated rings. The summed E-state index contributed by atoms with van der Waals surface area (Å²) in [5.41, 5.74) is 2.54. The van der Waals surface area contributed by atoms with E-state index in [-0.39, 0.29) is 11.6 Å². The van der Waals surface area contributed by atoms with Crippen molar-refractivity contribution in [3.05, 3.63) is 53.1 Å². The molecule has 150 valence electrons. The highest BCUT2D eigenvalue weighted by Crippen LogP contribution is 2.37. The lowest BCUT2D eigenvalue weighted by Crippen LogP contribution is -2.25. The third kappa shape index (κ3) is 4.33. The zero-order valence-electron chi connectivity index (χ0n) is 16.2. The Morgan fingerprint density at radius 1 is 1.21 bits per heavy atom. The van der Waals surface area contributed by atoms with E-state index in [9.17, 15) is 14.3 Å². The zero-order valence-corrected chi connectivity index (χ0v) is 16.2. The van der Waals surface area contributed by atoms with Crippen LogP contribution in [-0.2, 0) is 13.1 Å². The van der Waals surface area contributed by atoms with Gasteiger partial charge >= 0.3 is 0 Å². The Balaban J connectivity index is 1.31. The van der Waals surface area contributed by atoms with Crippen LogP contribution in [0.1, 0.15) is 66.4 Å². The van der Waals surface area contributed by atoms with Crippen molar-refractivity contribution in [3.63, 3.8) is 0 Å². The van der Waals surface area contributed by atoms with Crippen LogP contribution in [0.25, 0.3) is 0 Å². The largest absolute Gasteiger partial charge is 0.386 e. The third-order valence-electron chi connectivity index (χ3n) is 6.06. The molecular weight excluding hydrogens is 357 g/mol. The van der Waals surface area contributed by atoms with Crippen LogP contribution in [0, 0.1) is 11.7 Å². The Kier molecular flexibility index (Phi) is 5.87. The maximum Gasteiger partial charge on any atom is 0.162 e. The van der Waals surface area contributed by atoms with Crippen molar-refractivity contribution < 1.29 is 14.3 Å².